The van der Waals surface area contributed by atoms with Crippen LogP contribution in [0, 0.1) is 10.1 Å². The van der Waals surface area contributed by atoms with Gasteiger partial charge in [-0.15, -0.1) is 0 Å². The number of nitro groups is 1. The number of pyridine rings is 1. The van der Waals surface area contributed by atoms with Crippen molar-refractivity contribution >= 4 is 17.3 Å². The molecule has 0 aliphatic carbocycles. The third kappa shape index (κ3) is 2.66. The Morgan fingerprint density at radius 3 is 2.83 bits per heavy atom. The van der Waals surface area contributed by atoms with Crippen LogP contribution in [0.5, 0.6) is 0 Å². The van der Waals surface area contributed by atoms with Crippen molar-refractivity contribution in [2.24, 2.45) is 0 Å². The first-order valence-electron chi connectivity index (χ1n) is 5.49. The van der Waals surface area contributed by atoms with E-state index in [2.05, 4.69) is 10.5 Å². The zero-order chi connectivity index (χ0) is 13.0. The lowest BCUT2D eigenvalue weighted by molar-refractivity contribution is -0.384. The van der Waals surface area contributed by atoms with Gasteiger partial charge in [-0.1, -0.05) is 0 Å². The minimum absolute atomic E-state index is 0.103. The van der Waals surface area contributed by atoms with E-state index in [1.807, 2.05) is 4.90 Å². The molecule has 1 fully saturated rings. The van der Waals surface area contributed by atoms with Gasteiger partial charge >= 0.3 is 5.69 Å². The van der Waals surface area contributed by atoms with Crippen molar-refractivity contribution < 1.29 is 14.5 Å². The number of aromatic nitrogens is 1. The van der Waals surface area contributed by atoms with Gasteiger partial charge in [0.1, 0.15) is 5.82 Å². The zero-order valence-corrected chi connectivity index (χ0v) is 9.96. The van der Waals surface area contributed by atoms with Gasteiger partial charge in [-0.2, -0.15) is 0 Å². The van der Waals surface area contributed by atoms with Gasteiger partial charge in [0.05, 0.1) is 25.2 Å². The highest BCUT2D eigenvalue weighted by Crippen LogP contribution is 2.25. The summed E-state index contributed by atoms with van der Waals surface area (Å²) in [6, 6.07) is 3.05. The lowest BCUT2D eigenvalue weighted by atomic mass is 10.3. The Labute approximate surface area is 104 Å². The van der Waals surface area contributed by atoms with Crippen LogP contribution < -0.4 is 10.4 Å². The number of nitrogens with one attached hydrogen (secondary N) is 1. The first-order valence-corrected chi connectivity index (χ1v) is 5.49. The van der Waals surface area contributed by atoms with E-state index in [-0.39, 0.29) is 11.5 Å². The van der Waals surface area contributed by atoms with E-state index in [4.69, 9.17) is 9.57 Å². The first-order chi connectivity index (χ1) is 8.72. The summed E-state index contributed by atoms with van der Waals surface area (Å²) in [4.78, 5) is 21.2. The van der Waals surface area contributed by atoms with Crippen molar-refractivity contribution in [3.63, 3.8) is 0 Å². The molecule has 0 amide bonds. The average molecular weight is 254 g/mol. The van der Waals surface area contributed by atoms with E-state index in [9.17, 15) is 10.1 Å². The van der Waals surface area contributed by atoms with Gasteiger partial charge < -0.3 is 9.64 Å². The van der Waals surface area contributed by atoms with Crippen molar-refractivity contribution in [3.05, 3.63) is 22.2 Å². The Balaban J connectivity index is 2.26. The Kier molecular flexibility index (Phi) is 3.90. The van der Waals surface area contributed by atoms with Gasteiger partial charge in [0.15, 0.2) is 0 Å². The molecular formula is C10H14N4O4. The summed E-state index contributed by atoms with van der Waals surface area (Å²) < 4.78 is 5.24. The fourth-order valence-corrected chi connectivity index (χ4v) is 1.73. The number of hydrogen-bond acceptors (Lipinski definition) is 7. The predicted octanol–water partition coefficient (Wildman–Crippen LogP) is 0.800. The molecule has 1 aliphatic heterocycles. The molecule has 1 aromatic rings. The fraction of sp³-hybridized carbons (Fsp3) is 0.500. The summed E-state index contributed by atoms with van der Waals surface area (Å²) in [7, 11) is 1.38. The molecule has 0 atom stereocenters. The molecular weight excluding hydrogens is 240 g/mol. The SMILES string of the molecule is CONc1nc(N2CCOCC2)ccc1[N+](=O)[O-]. The topological polar surface area (TPSA) is 89.8 Å². The van der Waals surface area contributed by atoms with Crippen molar-refractivity contribution in [2.45, 2.75) is 0 Å². The van der Waals surface area contributed by atoms with E-state index >= 15 is 0 Å². The van der Waals surface area contributed by atoms with Gasteiger partial charge in [0.2, 0.25) is 5.82 Å². The third-order valence-electron chi connectivity index (χ3n) is 2.59. The summed E-state index contributed by atoms with van der Waals surface area (Å²) in [6.07, 6.45) is 0. The number of nitrogens with zero attached hydrogens (tertiary/aromatic N) is 3. The van der Waals surface area contributed by atoms with Crippen LogP contribution in [0.2, 0.25) is 0 Å². The minimum atomic E-state index is -0.503. The number of hydrogen-bond donors (Lipinski definition) is 1. The van der Waals surface area contributed by atoms with E-state index in [0.29, 0.717) is 19.0 Å². The van der Waals surface area contributed by atoms with Crippen LogP contribution in [0.25, 0.3) is 0 Å². The summed E-state index contributed by atoms with van der Waals surface area (Å²) in [5.74, 6) is 0.773. The molecule has 0 saturated carbocycles. The van der Waals surface area contributed by atoms with Crippen LogP contribution in [0.4, 0.5) is 17.3 Å². The Bertz CT molecular complexity index is 434. The van der Waals surface area contributed by atoms with Gasteiger partial charge in [-0.25, -0.2) is 10.5 Å². The van der Waals surface area contributed by atoms with E-state index in [1.54, 1.807) is 6.07 Å². The summed E-state index contributed by atoms with van der Waals surface area (Å²) in [6.45, 7) is 2.70. The maximum Gasteiger partial charge on any atom is 0.313 e. The van der Waals surface area contributed by atoms with Crippen LogP contribution in [0.1, 0.15) is 0 Å². The lowest BCUT2D eigenvalue weighted by Gasteiger charge is -2.27. The molecule has 1 N–H and O–H groups in total. The van der Waals surface area contributed by atoms with Crippen LogP contribution in [0.3, 0.4) is 0 Å². The second kappa shape index (κ2) is 5.61. The summed E-state index contributed by atoms with van der Waals surface area (Å²) in [5, 5.41) is 10.8. The fourth-order valence-electron chi connectivity index (χ4n) is 1.73. The van der Waals surface area contributed by atoms with Gasteiger partial charge in [0.25, 0.3) is 0 Å². The maximum atomic E-state index is 10.8. The lowest BCUT2D eigenvalue weighted by Crippen LogP contribution is -2.36. The smallest absolute Gasteiger partial charge is 0.313 e. The molecule has 0 aromatic carbocycles. The standard InChI is InChI=1S/C10H14N4O4/c1-17-12-10-8(14(15)16)2-3-9(11-10)13-4-6-18-7-5-13/h2-3H,4-7H2,1H3,(H,11,12). The number of rotatable bonds is 4. The molecule has 1 aromatic heterocycles. The van der Waals surface area contributed by atoms with Crippen molar-refractivity contribution in [1.29, 1.82) is 0 Å². The molecule has 0 unspecified atom stereocenters. The van der Waals surface area contributed by atoms with Crippen LogP contribution >= 0.6 is 0 Å². The highest BCUT2D eigenvalue weighted by molar-refractivity contribution is 5.59. The molecule has 1 saturated heterocycles. The highest BCUT2D eigenvalue weighted by Gasteiger charge is 2.19. The molecule has 2 rings (SSSR count). The van der Waals surface area contributed by atoms with Crippen molar-refractivity contribution in [1.82, 2.24) is 4.98 Å². The quantitative estimate of drug-likeness (QED) is 0.627. The van der Waals surface area contributed by atoms with E-state index < -0.39 is 4.92 Å². The molecule has 18 heavy (non-hydrogen) atoms. The second-order valence-electron chi connectivity index (χ2n) is 3.70. The number of ether oxygens (including phenoxy) is 1. The number of morpholine rings is 1. The van der Waals surface area contributed by atoms with Crippen molar-refractivity contribution in [3.8, 4) is 0 Å². The van der Waals surface area contributed by atoms with Crippen LogP contribution in [0.15, 0.2) is 12.1 Å². The van der Waals surface area contributed by atoms with Crippen LogP contribution in [-0.4, -0.2) is 43.3 Å². The van der Waals surface area contributed by atoms with Gasteiger partial charge in [-0.05, 0) is 6.07 Å². The molecule has 1 aliphatic rings. The number of anilines is 2. The maximum absolute atomic E-state index is 10.8. The van der Waals surface area contributed by atoms with Gasteiger partial charge in [0, 0.05) is 19.2 Å². The highest BCUT2D eigenvalue weighted by atomic mass is 16.6. The van der Waals surface area contributed by atoms with Crippen LogP contribution in [-0.2, 0) is 9.57 Å². The summed E-state index contributed by atoms with van der Waals surface area (Å²) >= 11 is 0. The minimum Gasteiger partial charge on any atom is -0.378 e. The largest absolute Gasteiger partial charge is 0.378 e. The van der Waals surface area contributed by atoms with E-state index in [0.717, 1.165) is 13.1 Å². The van der Waals surface area contributed by atoms with Gasteiger partial charge in [-0.3, -0.25) is 15.0 Å². The molecule has 2 heterocycles. The molecule has 8 heteroatoms. The van der Waals surface area contributed by atoms with E-state index in [1.165, 1.54) is 13.2 Å². The first kappa shape index (κ1) is 12.5. The van der Waals surface area contributed by atoms with Crippen molar-refractivity contribution in [2.75, 3.05) is 43.8 Å². The second-order valence-corrected chi connectivity index (χ2v) is 3.70. The summed E-state index contributed by atoms with van der Waals surface area (Å²) in [5.41, 5.74) is 2.31. The predicted molar refractivity (Wildman–Crippen MR) is 64.6 cm³/mol. The molecule has 0 spiro atoms. The average Bonchev–Trinajstić information content (AvgIpc) is 2.40. The zero-order valence-electron chi connectivity index (χ0n) is 9.96. The third-order valence-corrected chi connectivity index (χ3v) is 2.59. The normalized spacial score (nSPS) is 15.5. The Hall–Kier alpha value is -1.93. The molecule has 0 radical (unpaired) electrons. The molecule has 0 bridgehead atoms. The molecule has 98 valence electrons. The monoisotopic (exact) mass is 254 g/mol. The Morgan fingerprint density at radius 2 is 2.22 bits per heavy atom. The molecule has 8 nitrogen and oxygen atoms in total. The Morgan fingerprint density at radius 1 is 1.50 bits per heavy atom.